The Morgan fingerprint density at radius 3 is 3.07 bits per heavy atom. The fourth-order valence-electron chi connectivity index (χ4n) is 2.44. The normalized spacial score (nSPS) is 33.1. The molecule has 78 valence electrons. The number of hydrogen-bond acceptors (Lipinski definition) is 2. The average molecular weight is 193 g/mol. The molecule has 0 radical (unpaired) electrons. The first kappa shape index (κ1) is 9.78. The van der Waals surface area contributed by atoms with Crippen LogP contribution in [0.25, 0.3) is 0 Å². The summed E-state index contributed by atoms with van der Waals surface area (Å²) in [6, 6.07) is 4.37. The standard InChI is InChI=1S/C12H19NO/c1-9-4-5-12(13)10(7-9)8-11-3-2-6-14-11/h2-3,6,9-10,12H,4-5,7-8,13H2,1H3. The van der Waals surface area contributed by atoms with E-state index >= 15 is 0 Å². The van der Waals surface area contributed by atoms with E-state index in [4.69, 9.17) is 10.2 Å². The minimum atomic E-state index is 0.372. The first-order chi connectivity index (χ1) is 6.75. The van der Waals surface area contributed by atoms with Gasteiger partial charge in [0.15, 0.2) is 0 Å². The SMILES string of the molecule is CC1CCC(N)C(Cc2ccco2)C1. The second-order valence-electron chi connectivity index (χ2n) is 4.63. The molecule has 3 atom stereocenters. The predicted molar refractivity (Wildman–Crippen MR) is 56.9 cm³/mol. The van der Waals surface area contributed by atoms with Crippen molar-refractivity contribution >= 4 is 0 Å². The second-order valence-corrected chi connectivity index (χ2v) is 4.63. The number of nitrogens with two attached hydrogens (primary N) is 1. The summed E-state index contributed by atoms with van der Waals surface area (Å²) in [5.41, 5.74) is 6.12. The summed E-state index contributed by atoms with van der Waals surface area (Å²) in [6.45, 7) is 2.32. The molecular weight excluding hydrogens is 174 g/mol. The third-order valence-corrected chi connectivity index (χ3v) is 3.35. The van der Waals surface area contributed by atoms with Crippen molar-refractivity contribution in [2.75, 3.05) is 0 Å². The predicted octanol–water partition coefficient (Wildman–Crippen LogP) is 2.59. The molecule has 2 nitrogen and oxygen atoms in total. The highest BCUT2D eigenvalue weighted by Crippen LogP contribution is 2.30. The molecule has 14 heavy (non-hydrogen) atoms. The molecule has 1 saturated carbocycles. The van der Waals surface area contributed by atoms with Crippen molar-refractivity contribution in [2.45, 2.75) is 38.6 Å². The van der Waals surface area contributed by atoms with Crippen molar-refractivity contribution < 1.29 is 4.42 Å². The molecule has 2 rings (SSSR count). The van der Waals surface area contributed by atoms with Gasteiger partial charge in [0.2, 0.25) is 0 Å². The Bertz CT molecular complexity index is 268. The smallest absolute Gasteiger partial charge is 0.104 e. The van der Waals surface area contributed by atoms with Crippen LogP contribution in [0.3, 0.4) is 0 Å². The molecule has 0 bridgehead atoms. The van der Waals surface area contributed by atoms with E-state index in [1.165, 1.54) is 19.3 Å². The van der Waals surface area contributed by atoms with Gasteiger partial charge >= 0.3 is 0 Å². The monoisotopic (exact) mass is 193 g/mol. The van der Waals surface area contributed by atoms with Gasteiger partial charge in [0.25, 0.3) is 0 Å². The Hall–Kier alpha value is -0.760. The first-order valence-corrected chi connectivity index (χ1v) is 5.53. The number of hydrogen-bond donors (Lipinski definition) is 1. The maximum atomic E-state index is 6.12. The van der Waals surface area contributed by atoms with Crippen molar-refractivity contribution in [2.24, 2.45) is 17.6 Å². The Morgan fingerprint density at radius 2 is 2.36 bits per heavy atom. The van der Waals surface area contributed by atoms with Crippen molar-refractivity contribution in [3.05, 3.63) is 24.2 Å². The van der Waals surface area contributed by atoms with Gasteiger partial charge in [-0.15, -0.1) is 0 Å². The largest absolute Gasteiger partial charge is 0.469 e. The van der Waals surface area contributed by atoms with Crippen LogP contribution in [0.2, 0.25) is 0 Å². The summed E-state index contributed by atoms with van der Waals surface area (Å²) in [4.78, 5) is 0. The molecule has 0 aromatic carbocycles. The van der Waals surface area contributed by atoms with Crippen molar-refractivity contribution in [3.63, 3.8) is 0 Å². The van der Waals surface area contributed by atoms with Crippen molar-refractivity contribution in [1.82, 2.24) is 0 Å². The molecule has 1 aliphatic rings. The van der Waals surface area contributed by atoms with Gasteiger partial charge in [0.1, 0.15) is 5.76 Å². The van der Waals surface area contributed by atoms with E-state index < -0.39 is 0 Å². The minimum absolute atomic E-state index is 0.372. The highest BCUT2D eigenvalue weighted by molar-refractivity contribution is 5.01. The van der Waals surface area contributed by atoms with Gasteiger partial charge in [-0.25, -0.2) is 0 Å². The van der Waals surface area contributed by atoms with E-state index in [0.717, 1.165) is 18.1 Å². The third kappa shape index (κ3) is 2.18. The zero-order valence-electron chi connectivity index (χ0n) is 8.78. The lowest BCUT2D eigenvalue weighted by Gasteiger charge is -2.31. The quantitative estimate of drug-likeness (QED) is 0.784. The molecular formula is C12H19NO. The van der Waals surface area contributed by atoms with Crippen LogP contribution in [0.1, 0.15) is 31.9 Å². The van der Waals surface area contributed by atoms with Crippen LogP contribution in [0.5, 0.6) is 0 Å². The van der Waals surface area contributed by atoms with Crippen LogP contribution in [0.15, 0.2) is 22.8 Å². The van der Waals surface area contributed by atoms with E-state index in [-0.39, 0.29) is 0 Å². The molecule has 0 saturated heterocycles. The first-order valence-electron chi connectivity index (χ1n) is 5.53. The fraction of sp³-hybridized carbons (Fsp3) is 0.667. The minimum Gasteiger partial charge on any atom is -0.469 e. The van der Waals surface area contributed by atoms with Crippen LogP contribution in [0, 0.1) is 11.8 Å². The van der Waals surface area contributed by atoms with Crippen LogP contribution in [-0.4, -0.2) is 6.04 Å². The summed E-state index contributed by atoms with van der Waals surface area (Å²) in [5.74, 6) is 2.53. The van der Waals surface area contributed by atoms with Crippen LogP contribution < -0.4 is 5.73 Å². The summed E-state index contributed by atoms with van der Waals surface area (Å²) >= 11 is 0. The molecule has 2 N–H and O–H groups in total. The maximum Gasteiger partial charge on any atom is 0.104 e. The lowest BCUT2D eigenvalue weighted by Crippen LogP contribution is -2.36. The summed E-state index contributed by atoms with van der Waals surface area (Å²) < 4.78 is 5.36. The summed E-state index contributed by atoms with van der Waals surface area (Å²) in [7, 11) is 0. The molecule has 1 aromatic heterocycles. The molecule has 1 aliphatic carbocycles. The molecule has 3 unspecified atom stereocenters. The number of furan rings is 1. The molecule has 1 fully saturated rings. The zero-order valence-corrected chi connectivity index (χ0v) is 8.78. The van der Waals surface area contributed by atoms with E-state index in [9.17, 15) is 0 Å². The summed E-state index contributed by atoms with van der Waals surface area (Å²) in [6.07, 6.45) is 6.47. The van der Waals surface area contributed by atoms with Gasteiger partial charge in [-0.1, -0.05) is 6.92 Å². The van der Waals surface area contributed by atoms with Gasteiger partial charge < -0.3 is 10.2 Å². The zero-order chi connectivity index (χ0) is 9.97. The highest BCUT2D eigenvalue weighted by Gasteiger charge is 2.26. The van der Waals surface area contributed by atoms with Crippen molar-refractivity contribution in [1.29, 1.82) is 0 Å². The van der Waals surface area contributed by atoms with Gasteiger partial charge in [0, 0.05) is 12.5 Å². The maximum absolute atomic E-state index is 6.12. The van der Waals surface area contributed by atoms with Gasteiger partial charge in [-0.05, 0) is 43.2 Å². The van der Waals surface area contributed by atoms with E-state index in [0.29, 0.717) is 12.0 Å². The Morgan fingerprint density at radius 1 is 1.50 bits per heavy atom. The number of rotatable bonds is 2. The second kappa shape index (κ2) is 4.18. The van der Waals surface area contributed by atoms with Crippen LogP contribution in [-0.2, 0) is 6.42 Å². The van der Waals surface area contributed by atoms with Crippen molar-refractivity contribution in [3.8, 4) is 0 Å². The molecule has 0 spiro atoms. The lowest BCUT2D eigenvalue weighted by atomic mass is 9.77. The Kier molecular flexibility index (Phi) is 2.92. The molecule has 0 amide bonds. The average Bonchev–Trinajstić information content (AvgIpc) is 2.64. The highest BCUT2D eigenvalue weighted by atomic mass is 16.3. The third-order valence-electron chi connectivity index (χ3n) is 3.35. The lowest BCUT2D eigenvalue weighted by molar-refractivity contribution is 0.235. The van der Waals surface area contributed by atoms with Gasteiger partial charge in [0.05, 0.1) is 6.26 Å². The summed E-state index contributed by atoms with van der Waals surface area (Å²) in [5, 5.41) is 0. The van der Waals surface area contributed by atoms with Crippen LogP contribution in [0.4, 0.5) is 0 Å². The van der Waals surface area contributed by atoms with Crippen LogP contribution >= 0.6 is 0 Å². The Labute approximate surface area is 85.5 Å². The van der Waals surface area contributed by atoms with Gasteiger partial charge in [-0.3, -0.25) is 0 Å². The van der Waals surface area contributed by atoms with Gasteiger partial charge in [-0.2, -0.15) is 0 Å². The molecule has 2 heteroatoms. The fourth-order valence-corrected chi connectivity index (χ4v) is 2.44. The molecule has 1 heterocycles. The van der Waals surface area contributed by atoms with E-state index in [1.54, 1.807) is 6.26 Å². The van der Waals surface area contributed by atoms with E-state index in [1.807, 2.05) is 12.1 Å². The van der Waals surface area contributed by atoms with E-state index in [2.05, 4.69) is 6.92 Å². The molecule has 0 aliphatic heterocycles. The topological polar surface area (TPSA) is 39.2 Å². The molecule has 1 aromatic rings. The Balaban J connectivity index is 1.95.